The van der Waals surface area contributed by atoms with Gasteiger partial charge in [-0.1, -0.05) is 41.5 Å². The summed E-state index contributed by atoms with van der Waals surface area (Å²) in [6.45, 7) is 14.2. The Hall–Kier alpha value is -1.43. The van der Waals surface area contributed by atoms with E-state index in [4.69, 9.17) is 4.74 Å². The summed E-state index contributed by atoms with van der Waals surface area (Å²) in [5, 5.41) is 5.70. The molecule has 0 aromatic rings. The summed E-state index contributed by atoms with van der Waals surface area (Å²) in [6.07, 6.45) is 3.60. The Morgan fingerprint density at radius 2 is 1.33 bits per heavy atom. The number of hydrogen-bond donors (Lipinski definition) is 2. The van der Waals surface area contributed by atoms with Gasteiger partial charge in [-0.3, -0.25) is 14.4 Å². The molecular weight excluding hydrogens is 344 g/mol. The van der Waals surface area contributed by atoms with Gasteiger partial charge in [-0.15, -0.1) is 0 Å². The standard InChI is InChI=1S/C19H36N2O4.C2H6.2H2/c1-15(2)14-19(24)21-11-7-13-25-12-6-10-20-18(23)9-5-8-17(22)16(3)4;1-2;;/h15-16H,5-14H2,1-4H3,(H,20,23)(H,21,24);1-2H3;2*1H. The number of ketones is 1. The molecule has 0 atom stereocenters. The van der Waals surface area contributed by atoms with Gasteiger partial charge >= 0.3 is 0 Å². The minimum atomic E-state index is -0.00980. The molecule has 0 spiro atoms. The lowest BCUT2D eigenvalue weighted by Crippen LogP contribution is -2.26. The van der Waals surface area contributed by atoms with E-state index in [1.54, 1.807) is 0 Å². The van der Waals surface area contributed by atoms with Crippen molar-refractivity contribution in [3.63, 3.8) is 0 Å². The van der Waals surface area contributed by atoms with Crippen molar-refractivity contribution in [2.24, 2.45) is 11.8 Å². The molecule has 27 heavy (non-hydrogen) atoms. The van der Waals surface area contributed by atoms with Gasteiger partial charge in [-0.25, -0.2) is 0 Å². The molecule has 0 radical (unpaired) electrons. The molecule has 0 unspecified atom stereocenters. The van der Waals surface area contributed by atoms with Crippen LogP contribution >= 0.6 is 0 Å². The van der Waals surface area contributed by atoms with Gasteiger partial charge in [0.1, 0.15) is 5.78 Å². The maximum absolute atomic E-state index is 11.6. The molecule has 0 aromatic carbocycles. The zero-order chi connectivity index (χ0) is 21.1. The van der Waals surface area contributed by atoms with E-state index in [9.17, 15) is 14.4 Å². The summed E-state index contributed by atoms with van der Waals surface area (Å²) in [5.41, 5.74) is 0. The number of hydrogen-bond acceptors (Lipinski definition) is 4. The molecule has 0 aliphatic heterocycles. The van der Waals surface area contributed by atoms with E-state index in [-0.39, 0.29) is 26.4 Å². The average molecular weight is 391 g/mol. The van der Waals surface area contributed by atoms with Gasteiger partial charge in [0.25, 0.3) is 0 Å². The minimum Gasteiger partial charge on any atom is -0.381 e. The summed E-state index contributed by atoms with van der Waals surface area (Å²) < 4.78 is 5.47. The molecule has 0 aliphatic carbocycles. The van der Waals surface area contributed by atoms with Gasteiger partial charge in [0.15, 0.2) is 0 Å². The van der Waals surface area contributed by atoms with Crippen molar-refractivity contribution >= 4 is 17.6 Å². The fraction of sp³-hybridized carbons (Fsp3) is 0.857. The Kier molecular flexibility index (Phi) is 19.9. The Balaban J connectivity index is -0.000000755. The second-order valence-corrected chi connectivity index (χ2v) is 7.09. The van der Waals surface area contributed by atoms with Gasteiger partial charge in [0, 0.05) is 54.3 Å². The first-order valence-electron chi connectivity index (χ1n) is 10.5. The van der Waals surface area contributed by atoms with E-state index in [0.29, 0.717) is 57.9 Å². The van der Waals surface area contributed by atoms with E-state index in [2.05, 4.69) is 10.6 Å². The smallest absolute Gasteiger partial charge is 0.220 e. The highest BCUT2D eigenvalue weighted by Crippen LogP contribution is 2.04. The van der Waals surface area contributed by atoms with Crippen LogP contribution in [0.5, 0.6) is 0 Å². The summed E-state index contributed by atoms with van der Waals surface area (Å²) >= 11 is 0. The molecular formula is C21H46N2O4. The highest BCUT2D eigenvalue weighted by Gasteiger charge is 2.08. The maximum Gasteiger partial charge on any atom is 0.220 e. The summed E-state index contributed by atoms with van der Waals surface area (Å²) in [5.74, 6) is 0.713. The number of amides is 2. The Morgan fingerprint density at radius 1 is 0.815 bits per heavy atom. The zero-order valence-corrected chi connectivity index (χ0v) is 18.4. The molecule has 0 heterocycles. The van der Waals surface area contributed by atoms with Crippen LogP contribution in [0.4, 0.5) is 0 Å². The van der Waals surface area contributed by atoms with Crippen LogP contribution in [0, 0.1) is 11.8 Å². The van der Waals surface area contributed by atoms with Crippen molar-refractivity contribution in [3.05, 3.63) is 0 Å². The second kappa shape index (κ2) is 19.3. The maximum atomic E-state index is 11.6. The molecule has 0 fully saturated rings. The number of rotatable bonds is 15. The Bertz CT molecular complexity index is 406. The SMILES string of the molecule is CC.CC(C)CC(=O)NCCCOCCCNC(=O)CCCC(=O)C(C)C.[HH].[HH]. The normalized spacial score (nSPS) is 10.4. The van der Waals surface area contributed by atoms with Crippen molar-refractivity contribution in [3.8, 4) is 0 Å². The molecule has 164 valence electrons. The number of carbonyl (C=O) groups excluding carboxylic acids is 3. The second-order valence-electron chi connectivity index (χ2n) is 7.09. The third-order valence-corrected chi connectivity index (χ3v) is 3.64. The van der Waals surface area contributed by atoms with Crippen molar-refractivity contribution in [2.75, 3.05) is 26.3 Å². The molecule has 0 saturated carbocycles. The van der Waals surface area contributed by atoms with E-state index < -0.39 is 0 Å². The van der Waals surface area contributed by atoms with Crippen LogP contribution in [0.1, 0.15) is 82.9 Å². The van der Waals surface area contributed by atoms with Crippen LogP contribution in [-0.4, -0.2) is 43.9 Å². The third kappa shape index (κ3) is 20.7. The number of Topliss-reactive ketones (excluding diaryl/α,β-unsaturated/α-hetero) is 1. The fourth-order valence-corrected chi connectivity index (χ4v) is 2.15. The van der Waals surface area contributed by atoms with E-state index in [0.717, 1.165) is 12.8 Å². The van der Waals surface area contributed by atoms with Crippen molar-refractivity contribution < 1.29 is 22.0 Å². The summed E-state index contributed by atoms with van der Waals surface area (Å²) in [6, 6.07) is 0. The van der Waals surface area contributed by atoms with Crippen LogP contribution in [0.25, 0.3) is 0 Å². The zero-order valence-electron chi connectivity index (χ0n) is 18.4. The van der Waals surface area contributed by atoms with E-state index >= 15 is 0 Å². The van der Waals surface area contributed by atoms with E-state index in [1.165, 1.54) is 0 Å². The fourth-order valence-electron chi connectivity index (χ4n) is 2.15. The number of nitrogens with one attached hydrogen (secondary N) is 2. The quantitative estimate of drug-likeness (QED) is 0.414. The van der Waals surface area contributed by atoms with Crippen molar-refractivity contribution in [1.82, 2.24) is 10.6 Å². The molecule has 6 nitrogen and oxygen atoms in total. The van der Waals surface area contributed by atoms with Crippen LogP contribution < -0.4 is 10.6 Å². The highest BCUT2D eigenvalue weighted by molar-refractivity contribution is 5.81. The molecule has 6 heteroatoms. The first-order valence-corrected chi connectivity index (χ1v) is 10.5. The Morgan fingerprint density at radius 3 is 1.81 bits per heavy atom. The van der Waals surface area contributed by atoms with Gasteiger partial charge in [-0.2, -0.15) is 0 Å². The third-order valence-electron chi connectivity index (χ3n) is 3.64. The lowest BCUT2D eigenvalue weighted by atomic mass is 10.0. The Labute approximate surface area is 169 Å². The number of carbonyl (C=O) groups is 3. The van der Waals surface area contributed by atoms with Gasteiger partial charge in [0.05, 0.1) is 0 Å². The molecule has 2 N–H and O–H groups in total. The minimum absolute atomic E-state index is 0. The van der Waals surface area contributed by atoms with Gasteiger partial charge < -0.3 is 15.4 Å². The van der Waals surface area contributed by atoms with Gasteiger partial charge in [-0.05, 0) is 25.2 Å². The first kappa shape index (κ1) is 27.8. The van der Waals surface area contributed by atoms with E-state index in [1.807, 2.05) is 41.5 Å². The molecule has 0 saturated heterocycles. The summed E-state index contributed by atoms with van der Waals surface area (Å²) in [4.78, 5) is 34.5. The molecule has 0 bridgehead atoms. The van der Waals surface area contributed by atoms with Crippen molar-refractivity contribution in [1.29, 1.82) is 0 Å². The monoisotopic (exact) mass is 390 g/mol. The largest absolute Gasteiger partial charge is 0.381 e. The van der Waals surface area contributed by atoms with Crippen LogP contribution in [0.3, 0.4) is 0 Å². The van der Waals surface area contributed by atoms with Crippen LogP contribution in [0.15, 0.2) is 0 Å². The molecule has 2 amide bonds. The molecule has 0 rings (SSSR count). The van der Waals surface area contributed by atoms with Crippen LogP contribution in [-0.2, 0) is 19.1 Å². The first-order chi connectivity index (χ1) is 12.8. The lowest BCUT2D eigenvalue weighted by Gasteiger charge is -2.08. The number of ether oxygens (including phenoxy) is 1. The highest BCUT2D eigenvalue weighted by atomic mass is 16.5. The molecule has 0 aliphatic rings. The average Bonchev–Trinajstić information content (AvgIpc) is 2.61. The topological polar surface area (TPSA) is 84.5 Å². The summed E-state index contributed by atoms with van der Waals surface area (Å²) in [7, 11) is 0. The van der Waals surface area contributed by atoms with Crippen molar-refractivity contribution in [2.45, 2.75) is 80.1 Å². The molecule has 0 aromatic heterocycles. The van der Waals surface area contributed by atoms with Gasteiger partial charge in [0.2, 0.25) is 11.8 Å². The predicted molar refractivity (Wildman–Crippen MR) is 115 cm³/mol. The predicted octanol–water partition coefficient (Wildman–Crippen LogP) is 3.98. The van der Waals surface area contributed by atoms with Crippen LogP contribution in [0.2, 0.25) is 0 Å². The lowest BCUT2D eigenvalue weighted by molar-refractivity contribution is -0.123.